The van der Waals surface area contributed by atoms with Crippen molar-refractivity contribution in [1.29, 1.82) is 0 Å². The van der Waals surface area contributed by atoms with Crippen molar-refractivity contribution in [2.24, 2.45) is 22.7 Å². The Morgan fingerprint density at radius 3 is 2.14 bits per heavy atom. The largest absolute Gasteiger partial charge is 0.508 e. The molecule has 2 aromatic carbocycles. The summed E-state index contributed by atoms with van der Waals surface area (Å²) >= 11 is 0. The zero-order valence-electron chi connectivity index (χ0n) is 24.9. The number of halogens is 1. The first kappa shape index (κ1) is 29.7. The minimum absolute atomic E-state index is 0.00891. The molecule has 0 radical (unpaired) electrons. The first-order chi connectivity index (χ1) is 19.3. The smallest absolute Gasteiger partial charge is 0.203 e. The van der Waals surface area contributed by atoms with Gasteiger partial charge in [0.2, 0.25) is 5.78 Å². The Hall–Kier alpha value is -3.78. The van der Waals surface area contributed by atoms with Crippen molar-refractivity contribution in [3.63, 3.8) is 0 Å². The predicted octanol–water partition coefficient (Wildman–Crippen LogP) is 6.06. The Bertz CT molecular complexity index is 1620. The fourth-order valence-corrected chi connectivity index (χ4v) is 8.03. The number of carbonyl (C=O) groups is 3. The van der Waals surface area contributed by atoms with Gasteiger partial charge in [0, 0.05) is 22.3 Å². The number of aliphatic hydroxyl groups is 3. The van der Waals surface area contributed by atoms with Crippen LogP contribution in [0.1, 0.15) is 71.6 Å². The molecule has 0 heterocycles. The minimum atomic E-state index is -2.65. The Kier molecular flexibility index (Phi) is 6.44. The van der Waals surface area contributed by atoms with Crippen molar-refractivity contribution in [2.75, 3.05) is 0 Å². The first-order valence-corrected chi connectivity index (χ1v) is 14.2. The van der Waals surface area contributed by atoms with Gasteiger partial charge in [-0.2, -0.15) is 0 Å². The van der Waals surface area contributed by atoms with Gasteiger partial charge < -0.3 is 20.4 Å². The number of alkyl halides is 1. The van der Waals surface area contributed by atoms with Crippen LogP contribution in [0.4, 0.5) is 4.39 Å². The summed E-state index contributed by atoms with van der Waals surface area (Å²) in [6.45, 7) is 10.9. The van der Waals surface area contributed by atoms with E-state index in [2.05, 4.69) is 0 Å². The molecule has 1 saturated carbocycles. The average Bonchev–Trinajstić information content (AvgIpc) is 2.85. The monoisotopic (exact) mass is 576 g/mol. The first-order valence-electron chi connectivity index (χ1n) is 14.2. The Morgan fingerprint density at radius 1 is 1.02 bits per heavy atom. The molecule has 3 aliphatic rings. The molecule has 0 amide bonds. The molecule has 1 fully saturated rings. The van der Waals surface area contributed by atoms with Gasteiger partial charge in [-0.15, -0.1) is 0 Å². The van der Waals surface area contributed by atoms with Crippen molar-refractivity contribution in [1.82, 2.24) is 0 Å². The predicted molar refractivity (Wildman–Crippen MR) is 155 cm³/mol. The van der Waals surface area contributed by atoms with Gasteiger partial charge in [-0.25, -0.2) is 4.39 Å². The van der Waals surface area contributed by atoms with Crippen LogP contribution in [0.15, 0.2) is 53.3 Å². The van der Waals surface area contributed by atoms with Crippen molar-refractivity contribution in [2.45, 2.75) is 72.6 Å². The number of phenols is 1. The number of benzene rings is 2. The van der Waals surface area contributed by atoms with Gasteiger partial charge in [-0.1, -0.05) is 58.0 Å². The quantitative estimate of drug-likeness (QED) is 0.325. The van der Waals surface area contributed by atoms with Crippen molar-refractivity contribution in [3.05, 3.63) is 70.0 Å². The summed E-state index contributed by atoms with van der Waals surface area (Å²) in [6.07, 6.45) is 0.164. The third-order valence-corrected chi connectivity index (χ3v) is 9.77. The maximum Gasteiger partial charge on any atom is 0.203 e. The maximum absolute atomic E-state index is 14.5. The number of aromatic hydroxyl groups is 1. The highest BCUT2D eigenvalue weighted by Gasteiger charge is 2.72. The van der Waals surface area contributed by atoms with Crippen LogP contribution >= 0.6 is 0 Å². The lowest BCUT2D eigenvalue weighted by Crippen LogP contribution is -2.69. The second-order valence-electron chi connectivity index (χ2n) is 13.5. The van der Waals surface area contributed by atoms with Crippen LogP contribution < -0.4 is 0 Å². The summed E-state index contributed by atoms with van der Waals surface area (Å²) in [5.74, 6) is -5.59. The summed E-state index contributed by atoms with van der Waals surface area (Å²) < 4.78 is 14.5. The van der Waals surface area contributed by atoms with Crippen LogP contribution in [0.25, 0.3) is 16.9 Å². The fourth-order valence-electron chi connectivity index (χ4n) is 8.03. The molecule has 8 heteroatoms. The lowest BCUT2D eigenvalue weighted by Gasteiger charge is -2.59. The lowest BCUT2D eigenvalue weighted by atomic mass is 9.43. The summed E-state index contributed by atoms with van der Waals surface area (Å²) in [5.41, 5.74) is -5.19. The van der Waals surface area contributed by atoms with Crippen LogP contribution in [0, 0.1) is 22.7 Å². The molecule has 222 valence electrons. The highest BCUT2D eigenvalue weighted by atomic mass is 19.1. The number of rotatable bonds is 4. The zero-order chi connectivity index (χ0) is 31.3. The molecule has 0 saturated heterocycles. The molecule has 4 atom stereocenters. The van der Waals surface area contributed by atoms with E-state index in [0.717, 1.165) is 6.92 Å². The van der Waals surface area contributed by atoms with E-state index in [4.69, 9.17) is 0 Å². The highest BCUT2D eigenvalue weighted by molar-refractivity contribution is 6.24. The molecular formula is C34H37FO7. The second-order valence-corrected chi connectivity index (χ2v) is 13.5. The van der Waals surface area contributed by atoms with Crippen LogP contribution in [-0.2, 0) is 26.5 Å². The van der Waals surface area contributed by atoms with Crippen LogP contribution in [-0.4, -0.2) is 43.4 Å². The number of hydrogen-bond donors (Lipinski definition) is 4. The molecule has 0 aliphatic heterocycles. The topological polar surface area (TPSA) is 132 Å². The molecule has 7 nitrogen and oxygen atoms in total. The standard InChI is InChI=1S/C34H37FO7/c1-16(2)25-27(38)23(17(3)36)29(40)34(42)30(41)26-28(39)24-21(14-32(26,6)15-33(25,34)7)20(12-13-22(24)37)18-8-10-19(11-9-18)31(4,5)35/h8-13,16,25,37,39-40,42H,14-15H2,1-7H3/t25?,32-,33-,34+/m1/s1. The van der Waals surface area contributed by atoms with Crippen molar-refractivity contribution < 1.29 is 39.2 Å². The number of fused-ring (bicyclic) bond motifs is 3. The number of phenolic OH excluding ortho intramolecular Hbond substituents is 1. The maximum atomic E-state index is 14.5. The molecule has 0 bridgehead atoms. The average molecular weight is 577 g/mol. The minimum Gasteiger partial charge on any atom is -0.508 e. The third kappa shape index (κ3) is 3.77. The van der Waals surface area contributed by atoms with Crippen LogP contribution in [0.5, 0.6) is 5.75 Å². The number of allylic oxidation sites excluding steroid dienone is 1. The summed E-state index contributed by atoms with van der Waals surface area (Å²) in [4.78, 5) is 40.6. The third-order valence-electron chi connectivity index (χ3n) is 9.77. The zero-order valence-corrected chi connectivity index (χ0v) is 24.9. The second kappa shape index (κ2) is 9.11. The van der Waals surface area contributed by atoms with E-state index in [0.29, 0.717) is 22.3 Å². The summed E-state index contributed by atoms with van der Waals surface area (Å²) in [6, 6.07) is 9.96. The van der Waals surface area contributed by atoms with Gasteiger partial charge in [0.15, 0.2) is 17.2 Å². The molecule has 0 spiro atoms. The van der Waals surface area contributed by atoms with Crippen molar-refractivity contribution in [3.8, 4) is 16.9 Å². The van der Waals surface area contributed by atoms with Gasteiger partial charge in [0.05, 0.1) is 5.56 Å². The van der Waals surface area contributed by atoms with E-state index in [1.807, 2.05) is 0 Å². The molecule has 3 aliphatic carbocycles. The number of aliphatic hydroxyl groups excluding tert-OH is 2. The lowest BCUT2D eigenvalue weighted by molar-refractivity contribution is -0.178. The molecular weight excluding hydrogens is 539 g/mol. The molecule has 5 rings (SSSR count). The number of carbonyl (C=O) groups excluding carboxylic acids is 3. The van der Waals surface area contributed by atoms with Gasteiger partial charge in [-0.05, 0) is 67.9 Å². The van der Waals surface area contributed by atoms with Gasteiger partial charge in [0.1, 0.15) is 28.5 Å². The van der Waals surface area contributed by atoms with Gasteiger partial charge >= 0.3 is 0 Å². The normalized spacial score (nSPS) is 29.4. The van der Waals surface area contributed by atoms with Gasteiger partial charge in [-0.3, -0.25) is 14.4 Å². The van der Waals surface area contributed by atoms with Crippen molar-refractivity contribution >= 4 is 23.1 Å². The van der Waals surface area contributed by atoms with E-state index in [1.165, 1.54) is 19.9 Å². The molecule has 42 heavy (non-hydrogen) atoms. The number of hydrogen-bond acceptors (Lipinski definition) is 7. The van der Waals surface area contributed by atoms with Crippen LogP contribution in [0.3, 0.4) is 0 Å². The highest BCUT2D eigenvalue weighted by Crippen LogP contribution is 2.65. The van der Waals surface area contributed by atoms with E-state index in [9.17, 15) is 39.2 Å². The van der Waals surface area contributed by atoms with E-state index in [1.54, 1.807) is 58.0 Å². The van der Waals surface area contributed by atoms with E-state index >= 15 is 0 Å². The number of ketones is 3. The molecule has 1 unspecified atom stereocenters. The molecule has 4 N–H and O–H groups in total. The number of Topliss-reactive ketones (excluding diaryl/α,β-unsaturated/α-hetero) is 3. The summed E-state index contributed by atoms with van der Waals surface area (Å²) in [5, 5.41) is 46.0. The van der Waals surface area contributed by atoms with E-state index < -0.39 is 68.4 Å². The Balaban J connectivity index is 1.78. The van der Waals surface area contributed by atoms with Crippen LogP contribution in [0.2, 0.25) is 0 Å². The molecule has 2 aromatic rings. The molecule has 0 aromatic heterocycles. The van der Waals surface area contributed by atoms with Gasteiger partial charge in [0.25, 0.3) is 0 Å². The Labute approximate surface area is 244 Å². The summed E-state index contributed by atoms with van der Waals surface area (Å²) in [7, 11) is 0. The SMILES string of the molecule is CC(=O)C1=C(O)[C@]2(O)C(=O)C3=C(O)c4c(O)ccc(-c5ccc(C(C)(C)F)cc5)c4C[C@]3(C)C[C@]2(C)C(C(C)C)C1=O. The van der Waals surface area contributed by atoms with E-state index in [-0.39, 0.29) is 29.7 Å². The Morgan fingerprint density at radius 2 is 1.62 bits per heavy atom. The fraction of sp³-hybridized carbons (Fsp3) is 0.441.